The maximum atomic E-state index is 5.71. The Labute approximate surface area is 179 Å². The van der Waals surface area contributed by atoms with Crippen molar-refractivity contribution < 1.29 is 4.74 Å². The second-order valence-corrected chi connectivity index (χ2v) is 7.47. The topological polar surface area (TPSA) is 47.0 Å². The second kappa shape index (κ2) is 11.5. The average Bonchev–Trinajstić information content (AvgIpc) is 2.73. The van der Waals surface area contributed by atoms with E-state index in [0.717, 1.165) is 34.4 Å². The molecule has 0 bridgehead atoms. The predicted molar refractivity (Wildman–Crippen MR) is 125 cm³/mol. The van der Waals surface area contributed by atoms with Gasteiger partial charge in [0.15, 0.2) is 5.16 Å². The van der Waals surface area contributed by atoms with Gasteiger partial charge in [0.25, 0.3) is 0 Å². The smallest absolute Gasteiger partial charge is 0.187 e. The van der Waals surface area contributed by atoms with E-state index in [0.29, 0.717) is 0 Å². The van der Waals surface area contributed by atoms with Crippen LogP contribution < -0.4 is 10.1 Å². The van der Waals surface area contributed by atoms with Gasteiger partial charge in [0.1, 0.15) is 5.75 Å². The zero-order chi connectivity index (χ0) is 21.2. The third-order valence-electron chi connectivity index (χ3n) is 4.03. The molecule has 1 aromatic heterocycles. The number of ether oxygens (including phenoxy) is 1. The van der Waals surface area contributed by atoms with Crippen LogP contribution in [0.4, 0.5) is 11.4 Å². The normalized spacial score (nSPS) is 10.3. The Balaban J connectivity index is 0.00000145. The molecule has 0 spiro atoms. The number of aromatic nitrogens is 2. The Morgan fingerprint density at radius 3 is 2.24 bits per heavy atom. The molecule has 0 aliphatic heterocycles. The molecule has 0 aliphatic rings. The maximum Gasteiger partial charge on any atom is 0.187 e. The van der Waals surface area contributed by atoms with Gasteiger partial charge in [-0.3, -0.25) is 0 Å². The molecular formula is C24H31N3OS. The minimum absolute atomic E-state index is 0.164. The molecule has 1 N–H and O–H groups in total. The van der Waals surface area contributed by atoms with Crippen molar-refractivity contribution in [3.8, 4) is 5.75 Å². The number of aryl methyl sites for hydroxylation is 1. The fraction of sp³-hybridized carbons (Fsp3) is 0.333. The van der Waals surface area contributed by atoms with Gasteiger partial charge in [0.05, 0.1) is 23.7 Å². The SMILES string of the molecule is CC.CSc1ncc(Nc2ccc(OC(C)C)cc2)c(Cc2ccc(C)cc2)n1. The minimum atomic E-state index is 0.164. The molecule has 0 fully saturated rings. The van der Waals surface area contributed by atoms with Crippen LogP contribution in [0.5, 0.6) is 5.75 Å². The number of rotatable bonds is 7. The zero-order valence-corrected chi connectivity index (χ0v) is 19.0. The van der Waals surface area contributed by atoms with Gasteiger partial charge in [0, 0.05) is 12.1 Å². The molecular weight excluding hydrogens is 378 g/mol. The Bertz CT molecular complexity index is 878. The number of nitrogens with one attached hydrogen (secondary N) is 1. The summed E-state index contributed by atoms with van der Waals surface area (Å²) in [6, 6.07) is 16.5. The van der Waals surface area contributed by atoms with Crippen molar-refractivity contribution in [2.24, 2.45) is 0 Å². The van der Waals surface area contributed by atoms with Gasteiger partial charge >= 0.3 is 0 Å². The summed E-state index contributed by atoms with van der Waals surface area (Å²) in [6.45, 7) is 10.1. The number of thioether (sulfide) groups is 1. The number of anilines is 2. The first-order chi connectivity index (χ1) is 14.0. The third-order valence-corrected chi connectivity index (χ3v) is 4.59. The first-order valence-corrected chi connectivity index (χ1v) is 11.2. The quantitative estimate of drug-likeness (QED) is 0.349. The van der Waals surface area contributed by atoms with E-state index >= 15 is 0 Å². The van der Waals surface area contributed by atoms with Crippen LogP contribution in [0, 0.1) is 6.92 Å². The molecule has 2 aromatic carbocycles. The first kappa shape index (κ1) is 22.8. The summed E-state index contributed by atoms with van der Waals surface area (Å²) in [5.74, 6) is 0.865. The summed E-state index contributed by atoms with van der Waals surface area (Å²) < 4.78 is 5.71. The van der Waals surface area contributed by atoms with Crippen LogP contribution in [0.3, 0.4) is 0 Å². The highest BCUT2D eigenvalue weighted by molar-refractivity contribution is 7.98. The monoisotopic (exact) mass is 409 g/mol. The Hall–Kier alpha value is -2.53. The highest BCUT2D eigenvalue weighted by Gasteiger charge is 2.09. The van der Waals surface area contributed by atoms with Crippen molar-refractivity contribution in [2.45, 2.75) is 52.3 Å². The molecule has 0 atom stereocenters. The van der Waals surface area contributed by atoms with E-state index in [1.165, 1.54) is 11.1 Å². The number of hydrogen-bond acceptors (Lipinski definition) is 5. The van der Waals surface area contributed by atoms with Crippen molar-refractivity contribution in [2.75, 3.05) is 11.6 Å². The van der Waals surface area contributed by atoms with Gasteiger partial charge in [-0.05, 0) is 56.9 Å². The highest BCUT2D eigenvalue weighted by atomic mass is 32.2. The molecule has 5 heteroatoms. The molecule has 0 unspecified atom stereocenters. The van der Waals surface area contributed by atoms with Crippen molar-refractivity contribution in [3.05, 3.63) is 71.5 Å². The number of nitrogens with zero attached hydrogens (tertiary/aromatic N) is 2. The lowest BCUT2D eigenvalue weighted by Gasteiger charge is -2.14. The van der Waals surface area contributed by atoms with Crippen molar-refractivity contribution in [1.82, 2.24) is 9.97 Å². The molecule has 0 saturated heterocycles. The van der Waals surface area contributed by atoms with E-state index in [-0.39, 0.29) is 6.10 Å². The average molecular weight is 410 g/mol. The van der Waals surface area contributed by atoms with E-state index in [9.17, 15) is 0 Å². The second-order valence-electron chi connectivity index (χ2n) is 6.70. The summed E-state index contributed by atoms with van der Waals surface area (Å²) in [4.78, 5) is 9.16. The molecule has 29 heavy (non-hydrogen) atoms. The van der Waals surface area contributed by atoms with Gasteiger partial charge in [-0.25, -0.2) is 9.97 Å². The van der Waals surface area contributed by atoms with E-state index in [1.807, 2.05) is 64.4 Å². The molecule has 0 radical (unpaired) electrons. The number of hydrogen-bond donors (Lipinski definition) is 1. The highest BCUT2D eigenvalue weighted by Crippen LogP contribution is 2.25. The van der Waals surface area contributed by atoms with E-state index in [1.54, 1.807) is 11.8 Å². The molecule has 0 aliphatic carbocycles. The Morgan fingerprint density at radius 1 is 1.00 bits per heavy atom. The van der Waals surface area contributed by atoms with Gasteiger partial charge in [0.2, 0.25) is 0 Å². The lowest BCUT2D eigenvalue weighted by atomic mass is 10.1. The van der Waals surface area contributed by atoms with E-state index in [2.05, 4.69) is 41.5 Å². The summed E-state index contributed by atoms with van der Waals surface area (Å²) in [5.41, 5.74) is 5.38. The van der Waals surface area contributed by atoms with E-state index in [4.69, 9.17) is 9.72 Å². The van der Waals surface area contributed by atoms with E-state index < -0.39 is 0 Å². The lowest BCUT2D eigenvalue weighted by Crippen LogP contribution is -2.05. The van der Waals surface area contributed by atoms with Crippen LogP contribution in [-0.4, -0.2) is 22.3 Å². The maximum absolute atomic E-state index is 5.71. The van der Waals surface area contributed by atoms with Gasteiger partial charge < -0.3 is 10.1 Å². The first-order valence-electron chi connectivity index (χ1n) is 10.0. The van der Waals surface area contributed by atoms with Crippen molar-refractivity contribution in [1.29, 1.82) is 0 Å². The number of benzene rings is 2. The molecule has 0 saturated carbocycles. The van der Waals surface area contributed by atoms with Crippen molar-refractivity contribution in [3.63, 3.8) is 0 Å². The fourth-order valence-electron chi connectivity index (χ4n) is 2.68. The van der Waals surface area contributed by atoms with Crippen LogP contribution in [-0.2, 0) is 6.42 Å². The van der Waals surface area contributed by atoms with Crippen LogP contribution in [0.1, 0.15) is 44.5 Å². The van der Waals surface area contributed by atoms with Crippen LogP contribution >= 0.6 is 11.8 Å². The summed E-state index contributed by atoms with van der Waals surface area (Å²) in [7, 11) is 0. The third kappa shape index (κ3) is 7.09. The largest absolute Gasteiger partial charge is 0.491 e. The molecule has 3 aromatic rings. The molecule has 4 nitrogen and oxygen atoms in total. The Kier molecular flexibility index (Phi) is 9.00. The van der Waals surface area contributed by atoms with Crippen LogP contribution in [0.15, 0.2) is 59.9 Å². The Morgan fingerprint density at radius 2 is 1.66 bits per heavy atom. The lowest BCUT2D eigenvalue weighted by molar-refractivity contribution is 0.242. The minimum Gasteiger partial charge on any atom is -0.491 e. The fourth-order valence-corrected chi connectivity index (χ4v) is 3.04. The van der Waals surface area contributed by atoms with Gasteiger partial charge in [-0.2, -0.15) is 0 Å². The zero-order valence-electron chi connectivity index (χ0n) is 18.2. The van der Waals surface area contributed by atoms with Gasteiger partial charge in [-0.1, -0.05) is 55.4 Å². The molecule has 154 valence electrons. The molecule has 0 amide bonds. The van der Waals surface area contributed by atoms with Crippen LogP contribution in [0.2, 0.25) is 0 Å². The standard InChI is InChI=1S/C22H25N3OS.C2H6/c1-15(2)26-19-11-9-18(10-12-19)24-21-14-23-22(27-4)25-20(21)13-17-7-5-16(3)6-8-17;1-2/h5-12,14-15,24H,13H2,1-4H3;1-2H3. The molecule has 1 heterocycles. The van der Waals surface area contributed by atoms with Crippen LogP contribution in [0.25, 0.3) is 0 Å². The predicted octanol–water partition coefficient (Wildman–Crippen LogP) is 6.65. The summed E-state index contributed by atoms with van der Waals surface area (Å²) in [5, 5.41) is 4.23. The van der Waals surface area contributed by atoms with Gasteiger partial charge in [-0.15, -0.1) is 0 Å². The van der Waals surface area contributed by atoms with Crippen molar-refractivity contribution >= 4 is 23.1 Å². The molecule has 3 rings (SSSR count). The summed E-state index contributed by atoms with van der Waals surface area (Å²) >= 11 is 1.55. The summed E-state index contributed by atoms with van der Waals surface area (Å²) in [6.07, 6.45) is 4.78.